The number of nitriles is 1. The molecule has 0 atom stereocenters. The van der Waals surface area contributed by atoms with Gasteiger partial charge in [0, 0.05) is 0 Å². The van der Waals surface area contributed by atoms with Crippen molar-refractivity contribution in [3.8, 4) is 6.07 Å². The summed E-state index contributed by atoms with van der Waals surface area (Å²) in [6.45, 7) is 3.91. The number of aryl methyl sites for hydroxylation is 3. The molecule has 1 aliphatic carbocycles. The summed E-state index contributed by atoms with van der Waals surface area (Å²) < 4.78 is 27.4. The summed E-state index contributed by atoms with van der Waals surface area (Å²) in [6.07, 6.45) is 10.9. The van der Waals surface area contributed by atoms with Gasteiger partial charge in [0.15, 0.2) is 0 Å². The average molecular weight is 379 g/mol. The van der Waals surface area contributed by atoms with Crippen LogP contribution in [0.2, 0.25) is 0 Å². The fraction of sp³-hybridized carbons (Fsp3) is 0.400. The molecule has 146 valence electrons. The summed E-state index contributed by atoms with van der Waals surface area (Å²) in [5, 5.41) is 8.74. The number of rotatable bonds is 7. The van der Waals surface area contributed by atoms with Gasteiger partial charge in [0.2, 0.25) is 0 Å². The molecule has 1 nitrogen and oxygen atoms in total. The van der Waals surface area contributed by atoms with Crippen molar-refractivity contribution < 1.29 is 8.78 Å². The Morgan fingerprint density at radius 1 is 0.893 bits per heavy atom. The van der Waals surface area contributed by atoms with Crippen molar-refractivity contribution in [2.75, 3.05) is 0 Å². The maximum Gasteiger partial charge on any atom is 0.144 e. The van der Waals surface area contributed by atoms with Gasteiger partial charge in [-0.2, -0.15) is 5.26 Å². The molecule has 3 heteroatoms. The molecule has 1 saturated carbocycles. The molecule has 0 bridgehead atoms. The van der Waals surface area contributed by atoms with Gasteiger partial charge in [-0.15, -0.1) is 6.58 Å². The molecule has 3 rings (SSSR count). The first kappa shape index (κ1) is 20.3. The van der Waals surface area contributed by atoms with Crippen molar-refractivity contribution in [3.05, 3.63) is 82.9 Å². The Labute approximate surface area is 166 Å². The zero-order chi connectivity index (χ0) is 19.9. The SMILES string of the molecule is C=CC1CCC(CCc2ccc(CCc3cc(F)c(C#N)c(F)c3)cc2)CC1. The molecule has 1 aliphatic rings. The molecule has 0 N–H and O–H groups in total. The van der Waals surface area contributed by atoms with E-state index in [0.29, 0.717) is 17.9 Å². The van der Waals surface area contributed by atoms with E-state index in [1.54, 1.807) is 6.07 Å². The van der Waals surface area contributed by atoms with Crippen LogP contribution in [0.5, 0.6) is 0 Å². The monoisotopic (exact) mass is 379 g/mol. The van der Waals surface area contributed by atoms with E-state index in [1.807, 2.05) is 0 Å². The van der Waals surface area contributed by atoms with Gasteiger partial charge in [-0.3, -0.25) is 0 Å². The third kappa shape index (κ3) is 5.29. The van der Waals surface area contributed by atoms with Gasteiger partial charge < -0.3 is 0 Å². The molecule has 28 heavy (non-hydrogen) atoms. The van der Waals surface area contributed by atoms with Crippen molar-refractivity contribution in [2.45, 2.75) is 51.4 Å². The lowest BCUT2D eigenvalue weighted by atomic mass is 9.79. The third-order valence-electron chi connectivity index (χ3n) is 6.01. The number of halogens is 2. The van der Waals surface area contributed by atoms with Crippen LogP contribution in [0, 0.1) is 34.8 Å². The highest BCUT2D eigenvalue weighted by atomic mass is 19.1. The number of allylic oxidation sites excluding steroid dienone is 1. The summed E-state index contributed by atoms with van der Waals surface area (Å²) in [5.41, 5.74) is 2.57. The van der Waals surface area contributed by atoms with Gasteiger partial charge in [-0.05, 0) is 92.0 Å². The van der Waals surface area contributed by atoms with E-state index in [4.69, 9.17) is 5.26 Å². The second kappa shape index (κ2) is 9.64. The fourth-order valence-electron chi connectivity index (χ4n) is 4.12. The first-order valence-corrected chi connectivity index (χ1v) is 10.2. The fourth-order valence-corrected chi connectivity index (χ4v) is 4.12. The largest absolute Gasteiger partial charge is 0.205 e. The molecule has 0 amide bonds. The van der Waals surface area contributed by atoms with E-state index in [-0.39, 0.29) is 0 Å². The van der Waals surface area contributed by atoms with Crippen LogP contribution in [0.3, 0.4) is 0 Å². The van der Waals surface area contributed by atoms with Crippen LogP contribution in [-0.4, -0.2) is 0 Å². The smallest absolute Gasteiger partial charge is 0.144 e. The standard InChI is InChI=1S/C25H27F2N/c1-2-18-3-5-19(6-4-18)7-8-20-9-11-21(12-10-20)13-14-22-15-24(26)23(17-28)25(27)16-22/h2,9-12,15-16,18-19H,1,3-8,13-14H2. The van der Waals surface area contributed by atoms with Crippen LogP contribution in [0.1, 0.15) is 54.4 Å². The Morgan fingerprint density at radius 3 is 1.96 bits per heavy atom. The lowest BCUT2D eigenvalue weighted by Crippen LogP contribution is -2.13. The van der Waals surface area contributed by atoms with Crippen molar-refractivity contribution >= 4 is 0 Å². The van der Waals surface area contributed by atoms with E-state index in [2.05, 4.69) is 36.9 Å². The zero-order valence-corrected chi connectivity index (χ0v) is 16.3. The van der Waals surface area contributed by atoms with E-state index < -0.39 is 17.2 Å². The van der Waals surface area contributed by atoms with Gasteiger partial charge in [0.25, 0.3) is 0 Å². The topological polar surface area (TPSA) is 23.8 Å². The second-order valence-electron chi connectivity index (χ2n) is 7.92. The zero-order valence-electron chi connectivity index (χ0n) is 16.3. The lowest BCUT2D eigenvalue weighted by Gasteiger charge is -2.26. The highest BCUT2D eigenvalue weighted by Crippen LogP contribution is 2.32. The van der Waals surface area contributed by atoms with Gasteiger partial charge in [-0.25, -0.2) is 8.78 Å². The number of hydrogen-bond donors (Lipinski definition) is 0. The normalized spacial score (nSPS) is 19.2. The Kier molecular flexibility index (Phi) is 6.98. The maximum atomic E-state index is 13.7. The molecule has 0 radical (unpaired) electrons. The van der Waals surface area contributed by atoms with Crippen LogP contribution < -0.4 is 0 Å². The molecule has 0 unspecified atom stereocenters. The van der Waals surface area contributed by atoms with E-state index in [0.717, 1.165) is 24.3 Å². The van der Waals surface area contributed by atoms with Crippen LogP contribution in [0.25, 0.3) is 0 Å². The second-order valence-corrected chi connectivity index (χ2v) is 7.92. The maximum absolute atomic E-state index is 13.7. The lowest BCUT2D eigenvalue weighted by molar-refractivity contribution is 0.296. The van der Waals surface area contributed by atoms with Crippen molar-refractivity contribution in [1.82, 2.24) is 0 Å². The van der Waals surface area contributed by atoms with E-state index >= 15 is 0 Å². The van der Waals surface area contributed by atoms with Crippen molar-refractivity contribution in [1.29, 1.82) is 5.26 Å². The molecule has 0 saturated heterocycles. The van der Waals surface area contributed by atoms with Crippen LogP contribution in [-0.2, 0) is 19.3 Å². The van der Waals surface area contributed by atoms with Crippen LogP contribution in [0.4, 0.5) is 8.78 Å². The average Bonchev–Trinajstić information content (AvgIpc) is 2.71. The highest BCUT2D eigenvalue weighted by molar-refractivity contribution is 5.35. The predicted molar refractivity (Wildman–Crippen MR) is 109 cm³/mol. The van der Waals surface area contributed by atoms with Gasteiger partial charge in [-0.1, -0.05) is 30.3 Å². The minimum atomic E-state index is -0.782. The molecule has 0 aromatic heterocycles. The summed E-state index contributed by atoms with van der Waals surface area (Å²) in [5.74, 6) is -0.0180. The number of benzene rings is 2. The quantitative estimate of drug-likeness (QED) is 0.501. The Bertz CT molecular complexity index is 817. The molecule has 2 aromatic rings. The molecule has 0 spiro atoms. The number of hydrogen-bond acceptors (Lipinski definition) is 1. The molecular formula is C25H27F2N. The van der Waals surface area contributed by atoms with Crippen molar-refractivity contribution in [2.24, 2.45) is 11.8 Å². The molecule has 0 heterocycles. The first-order valence-electron chi connectivity index (χ1n) is 10.2. The Balaban J connectivity index is 1.48. The van der Waals surface area contributed by atoms with Gasteiger partial charge in [0.1, 0.15) is 23.3 Å². The first-order chi connectivity index (χ1) is 13.6. The molecule has 0 aliphatic heterocycles. The summed E-state index contributed by atoms with van der Waals surface area (Å²) in [7, 11) is 0. The molecule has 1 fully saturated rings. The van der Waals surface area contributed by atoms with Crippen LogP contribution >= 0.6 is 0 Å². The molecule has 2 aromatic carbocycles. The predicted octanol–water partition coefficient (Wildman–Crippen LogP) is 6.55. The Morgan fingerprint density at radius 2 is 1.43 bits per heavy atom. The molecular weight excluding hydrogens is 352 g/mol. The number of nitrogens with zero attached hydrogens (tertiary/aromatic N) is 1. The summed E-state index contributed by atoms with van der Waals surface area (Å²) in [4.78, 5) is 0. The van der Waals surface area contributed by atoms with Gasteiger partial charge >= 0.3 is 0 Å². The van der Waals surface area contributed by atoms with Gasteiger partial charge in [0.05, 0.1) is 0 Å². The van der Waals surface area contributed by atoms with Crippen LogP contribution in [0.15, 0.2) is 49.1 Å². The minimum Gasteiger partial charge on any atom is -0.205 e. The third-order valence-corrected chi connectivity index (χ3v) is 6.01. The summed E-state index contributed by atoms with van der Waals surface area (Å²) in [6, 6.07) is 12.6. The summed E-state index contributed by atoms with van der Waals surface area (Å²) >= 11 is 0. The van der Waals surface area contributed by atoms with E-state index in [1.165, 1.54) is 49.8 Å². The Hall–Kier alpha value is -2.47. The minimum absolute atomic E-state index is 0.508. The van der Waals surface area contributed by atoms with E-state index in [9.17, 15) is 8.78 Å². The van der Waals surface area contributed by atoms with Crippen molar-refractivity contribution in [3.63, 3.8) is 0 Å². The highest BCUT2D eigenvalue weighted by Gasteiger charge is 2.18.